The van der Waals surface area contributed by atoms with Crippen molar-refractivity contribution in [2.75, 3.05) is 0 Å². The lowest BCUT2D eigenvalue weighted by Gasteiger charge is -2.17. The Bertz CT molecular complexity index is 398. The van der Waals surface area contributed by atoms with Crippen LogP contribution >= 0.6 is 11.6 Å². The largest absolute Gasteiger partial charge is 0.326 e. The Morgan fingerprint density at radius 1 is 1.50 bits per heavy atom. The van der Waals surface area contributed by atoms with Gasteiger partial charge in [0.2, 0.25) is 0 Å². The molecule has 0 aromatic heterocycles. The van der Waals surface area contributed by atoms with E-state index in [1.165, 1.54) is 18.2 Å². The Morgan fingerprint density at radius 2 is 2.12 bits per heavy atom. The molecular formula is C12H15ClFNO. The van der Waals surface area contributed by atoms with Crippen LogP contribution in [0.25, 0.3) is 0 Å². The zero-order valence-electron chi connectivity index (χ0n) is 9.39. The first-order valence-corrected chi connectivity index (χ1v) is 5.44. The van der Waals surface area contributed by atoms with Gasteiger partial charge in [-0.15, -0.1) is 0 Å². The van der Waals surface area contributed by atoms with Gasteiger partial charge in [-0.3, -0.25) is 4.79 Å². The van der Waals surface area contributed by atoms with Crippen LogP contribution < -0.4 is 5.73 Å². The summed E-state index contributed by atoms with van der Waals surface area (Å²) in [4.78, 5) is 11.7. The highest BCUT2D eigenvalue weighted by Crippen LogP contribution is 2.18. The van der Waals surface area contributed by atoms with Gasteiger partial charge >= 0.3 is 0 Å². The number of carbonyl (C=O) groups is 1. The molecule has 0 heterocycles. The fraction of sp³-hybridized carbons (Fsp3) is 0.417. The second-order valence-electron chi connectivity index (χ2n) is 4.54. The van der Waals surface area contributed by atoms with Crippen molar-refractivity contribution in [1.82, 2.24) is 0 Å². The molecule has 0 atom stereocenters. The highest BCUT2D eigenvalue weighted by atomic mass is 35.5. The standard InChI is InChI=1S/C12H15ClFNO/c1-12(2,15)6-5-11(16)9-7-8(13)3-4-10(9)14/h3-4,7H,5-6,15H2,1-2H3. The van der Waals surface area contributed by atoms with E-state index >= 15 is 0 Å². The number of benzene rings is 1. The maximum absolute atomic E-state index is 13.3. The quantitative estimate of drug-likeness (QED) is 0.826. The van der Waals surface area contributed by atoms with Gasteiger partial charge in [0, 0.05) is 17.0 Å². The smallest absolute Gasteiger partial charge is 0.165 e. The van der Waals surface area contributed by atoms with Gasteiger partial charge in [0.25, 0.3) is 0 Å². The van der Waals surface area contributed by atoms with Crippen LogP contribution in [0.1, 0.15) is 37.0 Å². The van der Waals surface area contributed by atoms with Crippen molar-refractivity contribution in [3.63, 3.8) is 0 Å². The number of nitrogens with two attached hydrogens (primary N) is 1. The number of carbonyl (C=O) groups excluding carboxylic acids is 1. The highest BCUT2D eigenvalue weighted by Gasteiger charge is 2.17. The molecule has 0 amide bonds. The predicted molar refractivity (Wildman–Crippen MR) is 63.2 cm³/mol. The average molecular weight is 244 g/mol. The van der Waals surface area contributed by atoms with E-state index in [0.29, 0.717) is 11.4 Å². The minimum absolute atomic E-state index is 0.0387. The van der Waals surface area contributed by atoms with E-state index in [9.17, 15) is 9.18 Å². The van der Waals surface area contributed by atoms with Crippen LogP contribution in [0.15, 0.2) is 18.2 Å². The fourth-order valence-corrected chi connectivity index (χ4v) is 1.45. The molecule has 1 rings (SSSR count). The van der Waals surface area contributed by atoms with Gasteiger partial charge in [-0.1, -0.05) is 11.6 Å². The van der Waals surface area contributed by atoms with Crippen molar-refractivity contribution >= 4 is 17.4 Å². The van der Waals surface area contributed by atoms with E-state index in [-0.39, 0.29) is 17.8 Å². The Morgan fingerprint density at radius 3 is 2.69 bits per heavy atom. The van der Waals surface area contributed by atoms with Crippen molar-refractivity contribution in [2.24, 2.45) is 5.73 Å². The average Bonchev–Trinajstić information content (AvgIpc) is 2.17. The topological polar surface area (TPSA) is 43.1 Å². The molecule has 0 aliphatic heterocycles. The first-order chi connectivity index (χ1) is 7.29. The summed E-state index contributed by atoms with van der Waals surface area (Å²) in [6.07, 6.45) is 0.735. The number of hydrogen-bond acceptors (Lipinski definition) is 2. The van der Waals surface area contributed by atoms with Gasteiger partial charge in [0.1, 0.15) is 5.82 Å². The van der Waals surface area contributed by atoms with Crippen LogP contribution in [0.4, 0.5) is 4.39 Å². The fourth-order valence-electron chi connectivity index (χ4n) is 1.28. The van der Waals surface area contributed by atoms with E-state index in [2.05, 4.69) is 0 Å². The maximum atomic E-state index is 13.3. The van der Waals surface area contributed by atoms with Crippen LogP contribution in [0.2, 0.25) is 5.02 Å². The number of halogens is 2. The molecule has 1 aromatic carbocycles. The molecule has 1 aromatic rings. The first-order valence-electron chi connectivity index (χ1n) is 5.07. The van der Waals surface area contributed by atoms with Crippen LogP contribution in [-0.4, -0.2) is 11.3 Å². The third-order valence-electron chi connectivity index (χ3n) is 2.23. The summed E-state index contributed by atoms with van der Waals surface area (Å²) in [6.45, 7) is 3.66. The third-order valence-corrected chi connectivity index (χ3v) is 2.46. The summed E-state index contributed by atoms with van der Waals surface area (Å²) in [5.74, 6) is -0.803. The van der Waals surface area contributed by atoms with Crippen LogP contribution in [-0.2, 0) is 0 Å². The summed E-state index contributed by atoms with van der Waals surface area (Å²) >= 11 is 5.71. The molecule has 0 saturated carbocycles. The number of ketones is 1. The molecule has 0 bridgehead atoms. The molecule has 2 N–H and O–H groups in total. The Kier molecular flexibility index (Phi) is 4.05. The highest BCUT2D eigenvalue weighted by molar-refractivity contribution is 6.31. The van der Waals surface area contributed by atoms with E-state index in [1.807, 2.05) is 13.8 Å². The summed E-state index contributed by atoms with van der Waals surface area (Å²) in [6, 6.07) is 3.96. The van der Waals surface area contributed by atoms with Gasteiger partial charge in [0.05, 0.1) is 5.56 Å². The lowest BCUT2D eigenvalue weighted by Crippen LogP contribution is -2.32. The monoisotopic (exact) mass is 243 g/mol. The van der Waals surface area contributed by atoms with Crippen LogP contribution in [0, 0.1) is 5.82 Å². The second-order valence-corrected chi connectivity index (χ2v) is 4.97. The lowest BCUT2D eigenvalue weighted by atomic mass is 9.96. The molecule has 16 heavy (non-hydrogen) atoms. The first kappa shape index (κ1) is 13.1. The zero-order valence-corrected chi connectivity index (χ0v) is 10.1. The molecule has 0 fully saturated rings. The van der Waals surface area contributed by atoms with Crippen molar-refractivity contribution < 1.29 is 9.18 Å². The molecular weight excluding hydrogens is 229 g/mol. The number of Topliss-reactive ketones (excluding diaryl/α,β-unsaturated/α-hetero) is 1. The second kappa shape index (κ2) is 4.93. The Balaban J connectivity index is 2.77. The predicted octanol–water partition coefficient (Wildman–Crippen LogP) is 3.18. The zero-order chi connectivity index (χ0) is 12.3. The molecule has 0 aliphatic rings. The molecule has 0 aliphatic carbocycles. The van der Waals surface area contributed by atoms with Gasteiger partial charge in [0.15, 0.2) is 5.78 Å². The minimum atomic E-state index is -0.538. The van der Waals surface area contributed by atoms with E-state index in [4.69, 9.17) is 17.3 Å². The number of rotatable bonds is 4. The minimum Gasteiger partial charge on any atom is -0.326 e. The third kappa shape index (κ3) is 3.91. The molecule has 0 unspecified atom stereocenters. The van der Waals surface area contributed by atoms with E-state index in [0.717, 1.165) is 0 Å². The van der Waals surface area contributed by atoms with Gasteiger partial charge in [-0.05, 0) is 38.5 Å². The maximum Gasteiger partial charge on any atom is 0.165 e. The molecule has 4 heteroatoms. The van der Waals surface area contributed by atoms with Crippen molar-refractivity contribution in [3.8, 4) is 0 Å². The molecule has 88 valence electrons. The SMILES string of the molecule is CC(C)(N)CCC(=O)c1cc(Cl)ccc1F. The summed E-state index contributed by atoms with van der Waals surface area (Å²) in [7, 11) is 0. The van der Waals surface area contributed by atoms with Gasteiger partial charge in [-0.25, -0.2) is 4.39 Å². The Labute approximate surface area is 99.6 Å². The lowest BCUT2D eigenvalue weighted by molar-refractivity contribution is 0.0968. The van der Waals surface area contributed by atoms with Crippen molar-refractivity contribution in [2.45, 2.75) is 32.2 Å². The molecule has 0 saturated heterocycles. The molecule has 2 nitrogen and oxygen atoms in total. The molecule has 0 radical (unpaired) electrons. The normalized spacial score (nSPS) is 11.6. The Hall–Kier alpha value is -0.930. The molecule has 0 spiro atoms. The van der Waals surface area contributed by atoms with E-state index < -0.39 is 11.4 Å². The summed E-state index contributed by atoms with van der Waals surface area (Å²) in [5, 5.41) is 0.358. The van der Waals surface area contributed by atoms with Crippen LogP contribution in [0.3, 0.4) is 0 Å². The summed E-state index contributed by atoms with van der Waals surface area (Å²) < 4.78 is 13.3. The van der Waals surface area contributed by atoms with Crippen LogP contribution in [0.5, 0.6) is 0 Å². The van der Waals surface area contributed by atoms with E-state index in [1.54, 1.807) is 0 Å². The van der Waals surface area contributed by atoms with Crippen molar-refractivity contribution in [1.29, 1.82) is 0 Å². The summed E-state index contributed by atoms with van der Waals surface area (Å²) in [5.41, 5.74) is 5.37. The number of hydrogen-bond donors (Lipinski definition) is 1. The van der Waals surface area contributed by atoms with Crippen molar-refractivity contribution in [3.05, 3.63) is 34.6 Å². The van der Waals surface area contributed by atoms with Gasteiger partial charge < -0.3 is 5.73 Å². The van der Waals surface area contributed by atoms with Gasteiger partial charge in [-0.2, -0.15) is 0 Å².